The van der Waals surface area contributed by atoms with E-state index in [2.05, 4.69) is 5.32 Å². The predicted octanol–water partition coefficient (Wildman–Crippen LogP) is 1.51. The first-order chi connectivity index (χ1) is 11.0. The van der Waals surface area contributed by atoms with Gasteiger partial charge in [-0.05, 0) is 24.1 Å². The summed E-state index contributed by atoms with van der Waals surface area (Å²) in [6.45, 7) is -0.238. The maximum atomic E-state index is 12.2. The fourth-order valence-corrected chi connectivity index (χ4v) is 2.17. The molecule has 120 valence electrons. The molecule has 23 heavy (non-hydrogen) atoms. The van der Waals surface area contributed by atoms with Crippen LogP contribution in [0.1, 0.15) is 15.9 Å². The molecule has 0 aliphatic rings. The van der Waals surface area contributed by atoms with Gasteiger partial charge in [-0.25, -0.2) is 0 Å². The number of amides is 1. The Hall–Kier alpha value is -2.93. The Labute approximate surface area is 132 Å². The number of nitrogens with zero attached hydrogens (tertiary/aromatic N) is 1. The lowest BCUT2D eigenvalue weighted by Crippen LogP contribution is -2.39. The summed E-state index contributed by atoms with van der Waals surface area (Å²) in [5, 5.41) is 23.0. The molecule has 0 fully saturated rings. The predicted molar refractivity (Wildman–Crippen MR) is 86.0 cm³/mol. The zero-order valence-electron chi connectivity index (χ0n) is 12.3. The third kappa shape index (κ3) is 4.27. The van der Waals surface area contributed by atoms with Gasteiger partial charge in [0.15, 0.2) is 0 Å². The smallest absolute Gasteiger partial charge is 0.292 e. The summed E-state index contributed by atoms with van der Waals surface area (Å²) in [5.41, 5.74) is 6.27. The summed E-state index contributed by atoms with van der Waals surface area (Å²) in [6, 6.07) is 12.8. The van der Waals surface area contributed by atoms with Crippen molar-refractivity contribution in [2.75, 3.05) is 12.3 Å². The second-order valence-electron chi connectivity index (χ2n) is 5.07. The van der Waals surface area contributed by atoms with E-state index in [1.807, 2.05) is 30.3 Å². The van der Waals surface area contributed by atoms with Gasteiger partial charge in [0.2, 0.25) is 0 Å². The number of hydrogen-bond acceptors (Lipinski definition) is 5. The number of nitro groups is 1. The van der Waals surface area contributed by atoms with Gasteiger partial charge in [0.25, 0.3) is 11.6 Å². The van der Waals surface area contributed by atoms with E-state index in [1.54, 1.807) is 0 Å². The number of aliphatic hydroxyl groups excluding tert-OH is 1. The van der Waals surface area contributed by atoms with Crippen molar-refractivity contribution >= 4 is 17.3 Å². The van der Waals surface area contributed by atoms with Crippen LogP contribution in [-0.2, 0) is 6.42 Å². The van der Waals surface area contributed by atoms with Crippen LogP contribution in [0.3, 0.4) is 0 Å². The van der Waals surface area contributed by atoms with Crippen molar-refractivity contribution in [1.82, 2.24) is 5.32 Å². The van der Waals surface area contributed by atoms with E-state index < -0.39 is 16.9 Å². The Morgan fingerprint density at radius 1 is 1.26 bits per heavy atom. The zero-order chi connectivity index (χ0) is 16.8. The van der Waals surface area contributed by atoms with Gasteiger partial charge in [-0.2, -0.15) is 0 Å². The number of rotatable bonds is 6. The number of carbonyl (C=O) groups is 1. The summed E-state index contributed by atoms with van der Waals surface area (Å²) < 4.78 is 0. The Bertz CT molecular complexity index is 704. The minimum atomic E-state index is -0.639. The number of nitro benzene ring substituents is 1. The van der Waals surface area contributed by atoms with Crippen molar-refractivity contribution in [3.8, 4) is 0 Å². The van der Waals surface area contributed by atoms with Crippen molar-refractivity contribution in [3.63, 3.8) is 0 Å². The van der Waals surface area contributed by atoms with Crippen LogP contribution < -0.4 is 11.1 Å². The molecule has 0 aliphatic heterocycles. The van der Waals surface area contributed by atoms with Gasteiger partial charge >= 0.3 is 0 Å². The van der Waals surface area contributed by atoms with Crippen molar-refractivity contribution in [3.05, 3.63) is 69.8 Å². The lowest BCUT2D eigenvalue weighted by molar-refractivity contribution is -0.383. The second-order valence-corrected chi connectivity index (χ2v) is 5.07. The molecule has 7 nitrogen and oxygen atoms in total. The number of hydrogen-bond donors (Lipinski definition) is 3. The molecule has 0 saturated carbocycles. The fourth-order valence-electron chi connectivity index (χ4n) is 2.17. The number of nitrogens with two attached hydrogens (primary N) is 1. The van der Waals surface area contributed by atoms with Crippen LogP contribution in [-0.4, -0.2) is 28.6 Å². The van der Waals surface area contributed by atoms with E-state index in [1.165, 1.54) is 12.1 Å². The van der Waals surface area contributed by atoms with Gasteiger partial charge in [-0.3, -0.25) is 14.9 Å². The van der Waals surface area contributed by atoms with Crippen LogP contribution in [0, 0.1) is 10.1 Å². The molecule has 0 saturated heterocycles. The molecule has 2 aromatic carbocycles. The average molecular weight is 315 g/mol. The highest BCUT2D eigenvalue weighted by atomic mass is 16.6. The Kier molecular flexibility index (Phi) is 5.27. The topological polar surface area (TPSA) is 118 Å². The Morgan fingerprint density at radius 2 is 1.96 bits per heavy atom. The van der Waals surface area contributed by atoms with Gasteiger partial charge in [0.1, 0.15) is 5.69 Å². The van der Waals surface area contributed by atoms with E-state index in [4.69, 9.17) is 5.73 Å². The molecule has 2 rings (SSSR count). The molecule has 4 N–H and O–H groups in total. The monoisotopic (exact) mass is 315 g/mol. The van der Waals surface area contributed by atoms with E-state index in [9.17, 15) is 20.0 Å². The van der Waals surface area contributed by atoms with E-state index in [-0.39, 0.29) is 23.5 Å². The van der Waals surface area contributed by atoms with Gasteiger partial charge < -0.3 is 16.2 Å². The van der Waals surface area contributed by atoms with Crippen LogP contribution in [0.25, 0.3) is 0 Å². The molecule has 0 aliphatic carbocycles. The molecule has 1 unspecified atom stereocenters. The molecule has 1 atom stereocenters. The summed E-state index contributed by atoms with van der Waals surface area (Å²) in [7, 11) is 0. The first-order valence-corrected chi connectivity index (χ1v) is 7.01. The first-order valence-electron chi connectivity index (χ1n) is 7.01. The minimum Gasteiger partial charge on any atom is -0.394 e. The van der Waals surface area contributed by atoms with Gasteiger partial charge in [-0.15, -0.1) is 0 Å². The standard InChI is InChI=1S/C16H17N3O4/c17-14-7-6-12(9-15(14)19(22)23)16(21)18-13(10-20)8-11-4-2-1-3-5-11/h1-7,9,13,20H,8,10,17H2,(H,18,21). The number of anilines is 1. The Balaban J connectivity index is 2.10. The normalized spacial score (nSPS) is 11.7. The van der Waals surface area contributed by atoms with E-state index in [0.29, 0.717) is 6.42 Å². The summed E-state index contributed by atoms with van der Waals surface area (Å²) in [4.78, 5) is 22.4. The third-order valence-electron chi connectivity index (χ3n) is 3.37. The molecular weight excluding hydrogens is 298 g/mol. The van der Waals surface area contributed by atoms with Gasteiger partial charge in [0, 0.05) is 11.6 Å². The molecule has 7 heteroatoms. The summed E-state index contributed by atoms with van der Waals surface area (Å²) in [5.74, 6) is -0.497. The lowest BCUT2D eigenvalue weighted by Gasteiger charge is -2.16. The van der Waals surface area contributed by atoms with Crippen LogP contribution in [0.15, 0.2) is 48.5 Å². The molecule has 2 aromatic rings. The largest absolute Gasteiger partial charge is 0.394 e. The maximum Gasteiger partial charge on any atom is 0.292 e. The van der Waals surface area contributed by atoms with E-state index >= 15 is 0 Å². The number of aliphatic hydroxyl groups is 1. The molecule has 0 spiro atoms. The average Bonchev–Trinajstić information content (AvgIpc) is 2.55. The quantitative estimate of drug-likeness (QED) is 0.424. The third-order valence-corrected chi connectivity index (χ3v) is 3.37. The van der Waals surface area contributed by atoms with Crippen LogP contribution >= 0.6 is 0 Å². The molecule has 1 amide bonds. The van der Waals surface area contributed by atoms with Crippen molar-refractivity contribution in [2.24, 2.45) is 0 Å². The lowest BCUT2D eigenvalue weighted by atomic mass is 10.1. The maximum absolute atomic E-state index is 12.2. The number of nitrogens with one attached hydrogen (secondary N) is 1. The second kappa shape index (κ2) is 7.37. The number of nitrogen functional groups attached to an aromatic ring is 1. The molecular formula is C16H17N3O4. The van der Waals surface area contributed by atoms with Crippen LogP contribution in [0.4, 0.5) is 11.4 Å². The fraction of sp³-hybridized carbons (Fsp3) is 0.188. The van der Waals surface area contributed by atoms with Crippen molar-refractivity contribution < 1.29 is 14.8 Å². The highest BCUT2D eigenvalue weighted by Crippen LogP contribution is 2.22. The first kappa shape index (κ1) is 16.4. The number of benzene rings is 2. The van der Waals surface area contributed by atoms with Gasteiger partial charge in [-0.1, -0.05) is 30.3 Å². The highest BCUT2D eigenvalue weighted by molar-refractivity contribution is 5.95. The molecule has 0 heterocycles. The van der Waals surface area contributed by atoms with Crippen molar-refractivity contribution in [2.45, 2.75) is 12.5 Å². The Morgan fingerprint density at radius 3 is 2.57 bits per heavy atom. The summed E-state index contributed by atoms with van der Waals surface area (Å²) >= 11 is 0. The molecule has 0 aromatic heterocycles. The van der Waals surface area contributed by atoms with Crippen molar-refractivity contribution in [1.29, 1.82) is 0 Å². The summed E-state index contributed by atoms with van der Waals surface area (Å²) in [6.07, 6.45) is 0.458. The van der Waals surface area contributed by atoms with Crippen LogP contribution in [0.5, 0.6) is 0 Å². The molecule has 0 bridgehead atoms. The SMILES string of the molecule is Nc1ccc(C(=O)NC(CO)Cc2ccccc2)cc1[N+](=O)[O-]. The minimum absolute atomic E-state index is 0.00505. The molecule has 0 radical (unpaired) electrons. The van der Waals surface area contributed by atoms with Gasteiger partial charge in [0.05, 0.1) is 17.6 Å². The number of carbonyl (C=O) groups excluding carboxylic acids is 1. The highest BCUT2D eigenvalue weighted by Gasteiger charge is 2.18. The van der Waals surface area contributed by atoms with E-state index in [0.717, 1.165) is 11.6 Å². The van der Waals surface area contributed by atoms with Crippen LogP contribution in [0.2, 0.25) is 0 Å². The zero-order valence-corrected chi connectivity index (χ0v) is 12.3.